The Morgan fingerprint density at radius 1 is 1.33 bits per heavy atom. The Hall–Kier alpha value is -2.57. The smallest absolute Gasteiger partial charge is 0.317 e. The number of nitrogens with zero attached hydrogens (tertiary/aromatic N) is 1. The van der Waals surface area contributed by atoms with Gasteiger partial charge in [0.25, 0.3) is 0 Å². The van der Waals surface area contributed by atoms with Gasteiger partial charge in [-0.15, -0.1) is 0 Å². The number of ether oxygens (including phenoxy) is 1. The molecule has 2 aliphatic heterocycles. The highest BCUT2D eigenvalue weighted by molar-refractivity contribution is 5.94. The summed E-state index contributed by atoms with van der Waals surface area (Å²) in [5.74, 6) is -0.290. The molecule has 0 bridgehead atoms. The maximum atomic E-state index is 12.2. The normalized spacial score (nSPS) is 20.0. The fraction of sp³-hybridized carbons (Fsp3) is 0.471. The van der Waals surface area contributed by atoms with Crippen LogP contribution in [0.1, 0.15) is 24.5 Å². The van der Waals surface area contributed by atoms with Gasteiger partial charge in [-0.05, 0) is 30.5 Å². The van der Waals surface area contributed by atoms with Crippen molar-refractivity contribution in [3.8, 4) is 0 Å². The maximum Gasteiger partial charge on any atom is 0.317 e. The largest absolute Gasteiger partial charge is 0.458 e. The highest BCUT2D eigenvalue weighted by Crippen LogP contribution is 2.24. The molecule has 7 nitrogen and oxygen atoms in total. The molecule has 1 unspecified atom stereocenters. The van der Waals surface area contributed by atoms with Crippen LogP contribution in [-0.4, -0.2) is 48.5 Å². The molecule has 128 valence electrons. The van der Waals surface area contributed by atoms with Crippen LogP contribution >= 0.6 is 0 Å². The molecular weight excluding hydrogens is 310 g/mol. The van der Waals surface area contributed by atoms with Gasteiger partial charge in [0, 0.05) is 18.7 Å². The van der Waals surface area contributed by atoms with Gasteiger partial charge in [0.15, 0.2) is 0 Å². The van der Waals surface area contributed by atoms with Gasteiger partial charge in [-0.25, -0.2) is 4.79 Å². The van der Waals surface area contributed by atoms with Gasteiger partial charge in [0.1, 0.15) is 6.10 Å². The van der Waals surface area contributed by atoms with Crippen LogP contribution < -0.4 is 10.6 Å². The number of amides is 3. The van der Waals surface area contributed by atoms with Crippen LogP contribution in [-0.2, 0) is 27.2 Å². The molecule has 0 aromatic heterocycles. The number of urea groups is 1. The summed E-state index contributed by atoms with van der Waals surface area (Å²) in [5.41, 5.74) is 2.72. The Labute approximate surface area is 140 Å². The van der Waals surface area contributed by atoms with E-state index in [2.05, 4.69) is 10.6 Å². The fourth-order valence-electron chi connectivity index (χ4n) is 3.00. The van der Waals surface area contributed by atoms with Crippen LogP contribution in [0, 0.1) is 0 Å². The number of nitrogens with one attached hydrogen (secondary N) is 2. The lowest BCUT2D eigenvalue weighted by Crippen LogP contribution is -2.54. The molecule has 2 N–H and O–H groups in total. The van der Waals surface area contributed by atoms with Crippen LogP contribution in [0.5, 0.6) is 0 Å². The van der Waals surface area contributed by atoms with Gasteiger partial charge in [-0.1, -0.05) is 12.1 Å². The number of carbonyl (C=O) groups is 3. The molecule has 3 rings (SSSR count). The Bertz CT molecular complexity index is 674. The number of likely N-dealkylation sites (N-methyl/N-ethyl adjacent to an activating group) is 1. The highest BCUT2D eigenvalue weighted by atomic mass is 16.5. The van der Waals surface area contributed by atoms with Gasteiger partial charge in [0.05, 0.1) is 19.5 Å². The summed E-state index contributed by atoms with van der Waals surface area (Å²) in [5, 5.41) is 5.54. The van der Waals surface area contributed by atoms with Crippen molar-refractivity contribution in [3.63, 3.8) is 0 Å². The van der Waals surface area contributed by atoms with Crippen molar-refractivity contribution in [2.24, 2.45) is 0 Å². The second-order valence-corrected chi connectivity index (χ2v) is 6.05. The third kappa shape index (κ3) is 3.67. The zero-order valence-electron chi connectivity index (χ0n) is 13.6. The van der Waals surface area contributed by atoms with E-state index in [-0.39, 0.29) is 30.4 Å². The average molecular weight is 331 g/mol. The quantitative estimate of drug-likeness (QED) is 0.808. The molecule has 7 heteroatoms. The van der Waals surface area contributed by atoms with E-state index < -0.39 is 0 Å². The van der Waals surface area contributed by atoms with Crippen molar-refractivity contribution in [3.05, 3.63) is 29.3 Å². The SMILES string of the molecule is CCN1CC(OC(=O)Cc2ccc3c(c2)CCC(=O)N3)CNC1=O. The van der Waals surface area contributed by atoms with E-state index in [0.29, 0.717) is 32.5 Å². The third-order valence-electron chi connectivity index (χ3n) is 4.29. The van der Waals surface area contributed by atoms with Crippen LogP contribution in [0.2, 0.25) is 0 Å². The molecule has 1 fully saturated rings. The summed E-state index contributed by atoms with van der Waals surface area (Å²) in [6.45, 7) is 3.23. The van der Waals surface area contributed by atoms with Crippen LogP contribution in [0.4, 0.5) is 10.5 Å². The number of anilines is 1. The molecule has 2 heterocycles. The first-order valence-electron chi connectivity index (χ1n) is 8.19. The molecule has 2 aliphatic rings. The van der Waals surface area contributed by atoms with Gasteiger partial charge in [0.2, 0.25) is 5.91 Å². The molecule has 0 spiro atoms. The molecule has 0 saturated carbocycles. The van der Waals surface area contributed by atoms with Crippen molar-refractivity contribution in [1.82, 2.24) is 10.2 Å². The number of aryl methyl sites for hydroxylation is 1. The van der Waals surface area contributed by atoms with E-state index in [1.807, 2.05) is 25.1 Å². The van der Waals surface area contributed by atoms with Crippen molar-refractivity contribution >= 4 is 23.6 Å². The van der Waals surface area contributed by atoms with Crippen LogP contribution in [0.25, 0.3) is 0 Å². The predicted octanol–water partition coefficient (Wildman–Crippen LogP) is 1.07. The summed E-state index contributed by atoms with van der Waals surface area (Å²) >= 11 is 0. The second-order valence-electron chi connectivity index (χ2n) is 6.05. The minimum atomic E-state index is -0.327. The molecule has 1 saturated heterocycles. The molecule has 0 radical (unpaired) electrons. The van der Waals surface area contributed by atoms with E-state index in [1.54, 1.807) is 4.90 Å². The first-order valence-corrected chi connectivity index (χ1v) is 8.19. The number of benzene rings is 1. The standard InChI is InChI=1S/C17H21N3O4/c1-2-20-10-13(9-18-17(20)23)24-16(22)8-11-3-5-14-12(7-11)4-6-15(21)19-14/h3,5,7,13H,2,4,6,8-10H2,1H3,(H,18,23)(H,19,21). The first kappa shape index (κ1) is 16.3. The van der Waals surface area contributed by atoms with Crippen molar-refractivity contribution < 1.29 is 19.1 Å². The van der Waals surface area contributed by atoms with Crippen LogP contribution in [0.15, 0.2) is 18.2 Å². The number of hydrogen-bond acceptors (Lipinski definition) is 4. The number of carbonyl (C=O) groups excluding carboxylic acids is 3. The van der Waals surface area contributed by atoms with Gasteiger partial charge in [-0.2, -0.15) is 0 Å². The van der Waals surface area contributed by atoms with E-state index in [1.165, 1.54) is 0 Å². The van der Waals surface area contributed by atoms with Gasteiger partial charge in [-0.3, -0.25) is 9.59 Å². The highest BCUT2D eigenvalue weighted by Gasteiger charge is 2.26. The minimum absolute atomic E-state index is 0.0227. The maximum absolute atomic E-state index is 12.2. The lowest BCUT2D eigenvalue weighted by atomic mass is 9.99. The average Bonchev–Trinajstić information content (AvgIpc) is 2.56. The second kappa shape index (κ2) is 6.90. The lowest BCUT2D eigenvalue weighted by Gasteiger charge is -2.32. The molecule has 24 heavy (non-hydrogen) atoms. The summed E-state index contributed by atoms with van der Waals surface area (Å²) in [6, 6.07) is 5.47. The minimum Gasteiger partial charge on any atom is -0.458 e. The topological polar surface area (TPSA) is 87.7 Å². The molecule has 1 aromatic carbocycles. The monoisotopic (exact) mass is 331 g/mol. The fourth-order valence-corrected chi connectivity index (χ4v) is 3.00. The van der Waals surface area contributed by atoms with Crippen molar-refractivity contribution in [1.29, 1.82) is 0 Å². The van der Waals surface area contributed by atoms with Crippen molar-refractivity contribution in [2.45, 2.75) is 32.3 Å². The Morgan fingerprint density at radius 2 is 2.17 bits per heavy atom. The molecule has 1 atom stereocenters. The molecule has 3 amide bonds. The number of hydrogen-bond donors (Lipinski definition) is 2. The Balaban J connectivity index is 1.57. The molecule has 1 aromatic rings. The number of esters is 1. The van der Waals surface area contributed by atoms with Gasteiger partial charge < -0.3 is 20.3 Å². The number of fused-ring (bicyclic) bond motifs is 1. The van der Waals surface area contributed by atoms with E-state index in [4.69, 9.17) is 4.74 Å². The van der Waals surface area contributed by atoms with Crippen LogP contribution in [0.3, 0.4) is 0 Å². The summed E-state index contributed by atoms with van der Waals surface area (Å²) in [4.78, 5) is 36.7. The molecule has 0 aliphatic carbocycles. The zero-order valence-corrected chi connectivity index (χ0v) is 13.6. The van der Waals surface area contributed by atoms with E-state index in [9.17, 15) is 14.4 Å². The zero-order chi connectivity index (χ0) is 17.1. The lowest BCUT2D eigenvalue weighted by molar-refractivity contribution is -0.149. The summed E-state index contributed by atoms with van der Waals surface area (Å²) in [7, 11) is 0. The Morgan fingerprint density at radius 3 is 2.96 bits per heavy atom. The Kier molecular flexibility index (Phi) is 4.69. The molecular formula is C17H21N3O4. The van der Waals surface area contributed by atoms with Crippen molar-refractivity contribution in [2.75, 3.05) is 25.0 Å². The third-order valence-corrected chi connectivity index (χ3v) is 4.29. The van der Waals surface area contributed by atoms with E-state index in [0.717, 1.165) is 16.8 Å². The number of rotatable bonds is 4. The van der Waals surface area contributed by atoms with E-state index >= 15 is 0 Å². The summed E-state index contributed by atoms with van der Waals surface area (Å²) < 4.78 is 5.47. The van der Waals surface area contributed by atoms with Gasteiger partial charge >= 0.3 is 12.0 Å². The predicted molar refractivity (Wildman–Crippen MR) is 87.6 cm³/mol. The first-order chi connectivity index (χ1) is 11.5. The summed E-state index contributed by atoms with van der Waals surface area (Å²) in [6.07, 6.45) is 1.00.